The van der Waals surface area contributed by atoms with Crippen LogP contribution in [0, 0.1) is 0 Å². The van der Waals surface area contributed by atoms with Crippen LogP contribution in [-0.2, 0) is 0 Å². The topological polar surface area (TPSA) is 67.8 Å². The van der Waals surface area contributed by atoms with Crippen LogP contribution in [0.2, 0.25) is 0 Å². The van der Waals surface area contributed by atoms with Gasteiger partial charge in [-0.25, -0.2) is 0 Å². The quantitative estimate of drug-likeness (QED) is 0.336. The summed E-state index contributed by atoms with van der Waals surface area (Å²) >= 11 is 0. The Morgan fingerprint density at radius 2 is 2.00 bits per heavy atom. The highest BCUT2D eigenvalue weighted by Gasteiger charge is 1.96. The van der Waals surface area contributed by atoms with E-state index in [4.69, 9.17) is 5.73 Å². The second kappa shape index (κ2) is 4.91. The van der Waals surface area contributed by atoms with Crippen molar-refractivity contribution in [3.8, 4) is 0 Å². The highest BCUT2D eigenvalue weighted by Crippen LogP contribution is 2.04. The molecule has 0 radical (unpaired) electrons. The van der Waals surface area contributed by atoms with E-state index in [-0.39, 0.29) is 0 Å². The molecule has 72 valence electrons. The van der Waals surface area contributed by atoms with Gasteiger partial charge in [-0.15, -0.1) is 5.10 Å². The molecule has 4 nitrogen and oxygen atoms in total. The molecule has 0 unspecified atom stereocenters. The lowest BCUT2D eigenvalue weighted by Gasteiger charge is -1.97. The van der Waals surface area contributed by atoms with Gasteiger partial charge in [0.1, 0.15) is 12.6 Å². The van der Waals surface area contributed by atoms with E-state index in [9.17, 15) is 4.79 Å². The second-order valence-electron chi connectivity index (χ2n) is 2.69. The first-order valence-corrected chi connectivity index (χ1v) is 4.11. The molecule has 0 spiro atoms. The largest absolute Gasteiger partial charge is 0.388 e. The van der Waals surface area contributed by atoms with E-state index in [2.05, 4.69) is 10.2 Å². The van der Waals surface area contributed by atoms with Crippen molar-refractivity contribution in [2.24, 2.45) is 15.9 Å². The molecule has 0 atom stereocenters. The minimum absolute atomic E-state index is 0.642. The Labute approximate surface area is 82.2 Å². The van der Waals surface area contributed by atoms with Gasteiger partial charge >= 0.3 is 0 Å². The van der Waals surface area contributed by atoms with Gasteiger partial charge in [-0.05, 0) is 12.5 Å². The van der Waals surface area contributed by atoms with Crippen molar-refractivity contribution in [1.82, 2.24) is 0 Å². The number of carbonyl (C=O) groups is 1. The summed E-state index contributed by atoms with van der Waals surface area (Å²) in [6, 6.07) is 7.09. The molecule has 14 heavy (non-hydrogen) atoms. The van der Waals surface area contributed by atoms with Crippen molar-refractivity contribution >= 4 is 18.3 Å². The molecule has 0 fully saturated rings. The molecule has 0 heterocycles. The summed E-state index contributed by atoms with van der Waals surface area (Å²) in [6.07, 6.45) is 1.93. The number of nitrogens with zero attached hydrogens (tertiary/aromatic N) is 2. The first-order valence-electron chi connectivity index (χ1n) is 4.11. The molecule has 0 saturated heterocycles. The number of nitrogens with two attached hydrogens (primary N) is 1. The van der Waals surface area contributed by atoms with Crippen LogP contribution in [0.4, 0.5) is 0 Å². The predicted molar refractivity (Wildman–Crippen MR) is 56.7 cm³/mol. The number of aldehydes is 1. The zero-order valence-corrected chi connectivity index (χ0v) is 7.84. The molecular formula is C10H11N3O. The normalized spacial score (nSPS) is 11.9. The molecule has 1 aromatic carbocycles. The van der Waals surface area contributed by atoms with Crippen LogP contribution in [0.5, 0.6) is 0 Å². The zero-order valence-electron chi connectivity index (χ0n) is 7.84. The summed E-state index contributed by atoms with van der Waals surface area (Å²) < 4.78 is 0. The van der Waals surface area contributed by atoms with E-state index in [1.165, 1.54) is 0 Å². The van der Waals surface area contributed by atoms with Crippen LogP contribution in [0.1, 0.15) is 22.8 Å². The minimum Gasteiger partial charge on any atom is -0.388 e. The molecule has 1 aromatic rings. The van der Waals surface area contributed by atoms with Crippen molar-refractivity contribution < 1.29 is 4.79 Å². The lowest BCUT2D eigenvalue weighted by Crippen LogP contribution is -1.95. The zero-order chi connectivity index (χ0) is 10.4. The molecule has 0 amide bonds. The van der Waals surface area contributed by atoms with E-state index >= 15 is 0 Å². The molecule has 1 rings (SSSR count). The maximum atomic E-state index is 10.4. The van der Waals surface area contributed by atoms with Crippen molar-refractivity contribution in [2.75, 3.05) is 0 Å². The minimum atomic E-state index is 0.642. The second-order valence-corrected chi connectivity index (χ2v) is 2.69. The van der Waals surface area contributed by atoms with Gasteiger partial charge in [0.05, 0.1) is 5.71 Å². The molecule has 0 aliphatic heterocycles. The highest BCUT2D eigenvalue weighted by atomic mass is 16.1. The molecule has 0 aliphatic rings. The van der Waals surface area contributed by atoms with Gasteiger partial charge in [0.15, 0.2) is 0 Å². The van der Waals surface area contributed by atoms with Crippen LogP contribution in [0.15, 0.2) is 34.5 Å². The van der Waals surface area contributed by atoms with Gasteiger partial charge in [-0.1, -0.05) is 24.3 Å². The van der Waals surface area contributed by atoms with E-state index in [1.807, 2.05) is 19.1 Å². The van der Waals surface area contributed by atoms with Gasteiger partial charge < -0.3 is 5.73 Å². The fraction of sp³-hybridized carbons (Fsp3) is 0.100. The lowest BCUT2D eigenvalue weighted by molar-refractivity contribution is 0.112. The van der Waals surface area contributed by atoms with Crippen molar-refractivity contribution in [3.63, 3.8) is 0 Å². The van der Waals surface area contributed by atoms with Crippen LogP contribution in [0.25, 0.3) is 0 Å². The Morgan fingerprint density at radius 3 is 2.50 bits per heavy atom. The summed E-state index contributed by atoms with van der Waals surface area (Å²) in [5, 5.41) is 7.40. The maximum Gasteiger partial charge on any atom is 0.150 e. The summed E-state index contributed by atoms with van der Waals surface area (Å²) in [7, 11) is 0. The molecule has 2 N–H and O–H groups in total. The van der Waals surface area contributed by atoms with E-state index in [1.54, 1.807) is 12.1 Å². The Kier molecular flexibility index (Phi) is 3.55. The molecular weight excluding hydrogens is 178 g/mol. The number of benzene rings is 1. The summed E-state index contributed by atoms with van der Waals surface area (Å²) in [5.74, 6) is 0. The summed E-state index contributed by atoms with van der Waals surface area (Å²) in [5.41, 5.74) is 7.37. The van der Waals surface area contributed by atoms with Gasteiger partial charge in [0, 0.05) is 5.56 Å². The first-order chi connectivity index (χ1) is 6.77. The Hall–Kier alpha value is -1.97. The Morgan fingerprint density at radius 1 is 1.36 bits per heavy atom. The fourth-order valence-electron chi connectivity index (χ4n) is 0.981. The monoisotopic (exact) mass is 189 g/mol. The number of hydrogen-bond acceptors (Lipinski definition) is 3. The lowest BCUT2D eigenvalue weighted by atomic mass is 10.1. The fourth-order valence-corrected chi connectivity index (χ4v) is 0.981. The Bertz CT molecular complexity index is 365. The predicted octanol–water partition coefficient (Wildman–Crippen LogP) is 1.21. The first kappa shape index (κ1) is 10.1. The van der Waals surface area contributed by atoms with Crippen molar-refractivity contribution in [2.45, 2.75) is 6.92 Å². The van der Waals surface area contributed by atoms with Crippen LogP contribution in [-0.4, -0.2) is 18.3 Å². The SMILES string of the molecule is C/C(=N/N=C/N)c1ccc(C=O)cc1. The van der Waals surface area contributed by atoms with Crippen LogP contribution in [0.3, 0.4) is 0 Å². The number of carbonyl (C=O) groups excluding carboxylic acids is 1. The molecule has 0 saturated carbocycles. The number of hydrogen-bond donors (Lipinski definition) is 1. The third-order valence-electron chi connectivity index (χ3n) is 1.74. The van der Waals surface area contributed by atoms with E-state index in [0.717, 1.165) is 23.9 Å². The van der Waals surface area contributed by atoms with Gasteiger partial charge in [-0.3, -0.25) is 4.79 Å². The third-order valence-corrected chi connectivity index (χ3v) is 1.74. The molecule has 0 bridgehead atoms. The molecule has 0 aromatic heterocycles. The van der Waals surface area contributed by atoms with Crippen molar-refractivity contribution in [1.29, 1.82) is 0 Å². The Balaban J connectivity index is 2.91. The van der Waals surface area contributed by atoms with Gasteiger partial charge in [0.25, 0.3) is 0 Å². The molecule has 4 heteroatoms. The van der Waals surface area contributed by atoms with Crippen LogP contribution < -0.4 is 5.73 Å². The van der Waals surface area contributed by atoms with E-state index < -0.39 is 0 Å². The standard InChI is InChI=1S/C10H11N3O/c1-8(13-12-7-11)10-4-2-9(6-14)3-5-10/h2-7H,1H3,(H2,11,12)/b13-8-. The summed E-state index contributed by atoms with van der Waals surface area (Å²) in [6.45, 7) is 1.82. The third kappa shape index (κ3) is 2.52. The average Bonchev–Trinajstić information content (AvgIpc) is 2.26. The van der Waals surface area contributed by atoms with Gasteiger partial charge in [-0.2, -0.15) is 5.10 Å². The van der Waals surface area contributed by atoms with Gasteiger partial charge in [0.2, 0.25) is 0 Å². The maximum absolute atomic E-state index is 10.4. The number of rotatable bonds is 3. The highest BCUT2D eigenvalue weighted by molar-refractivity contribution is 5.99. The van der Waals surface area contributed by atoms with E-state index in [0.29, 0.717) is 5.56 Å². The summed E-state index contributed by atoms with van der Waals surface area (Å²) in [4.78, 5) is 10.4. The van der Waals surface area contributed by atoms with Crippen LogP contribution >= 0.6 is 0 Å². The molecule has 0 aliphatic carbocycles. The van der Waals surface area contributed by atoms with Crippen molar-refractivity contribution in [3.05, 3.63) is 35.4 Å². The average molecular weight is 189 g/mol. The smallest absolute Gasteiger partial charge is 0.150 e.